The van der Waals surface area contributed by atoms with Crippen molar-refractivity contribution in [1.82, 2.24) is 20.4 Å². The SMILES string of the molecule is Fc1cccc(I)c1-c1nnc(-c2c(Cl)cccc2I)nn1. The van der Waals surface area contributed by atoms with E-state index in [2.05, 4.69) is 43.0 Å². The lowest BCUT2D eigenvalue weighted by Gasteiger charge is -2.06. The second kappa shape index (κ2) is 6.67. The number of nitrogens with zero attached hydrogens (tertiary/aromatic N) is 4. The predicted molar refractivity (Wildman–Crippen MR) is 98.9 cm³/mol. The molecule has 0 radical (unpaired) electrons. The number of aromatic nitrogens is 4. The molecule has 22 heavy (non-hydrogen) atoms. The third-order valence-corrected chi connectivity index (χ3v) is 4.96. The zero-order valence-electron chi connectivity index (χ0n) is 10.8. The van der Waals surface area contributed by atoms with Crippen molar-refractivity contribution in [3.63, 3.8) is 0 Å². The molecule has 1 heterocycles. The van der Waals surface area contributed by atoms with Crippen molar-refractivity contribution in [2.24, 2.45) is 0 Å². The monoisotopic (exact) mass is 538 g/mol. The number of halogens is 4. The maximum atomic E-state index is 13.9. The Hall–Kier alpha value is -0.940. The van der Waals surface area contributed by atoms with Gasteiger partial charge >= 0.3 is 0 Å². The molecule has 0 N–H and O–H groups in total. The summed E-state index contributed by atoms with van der Waals surface area (Å²) >= 11 is 10.3. The van der Waals surface area contributed by atoms with Crippen molar-refractivity contribution in [3.05, 3.63) is 54.4 Å². The van der Waals surface area contributed by atoms with Gasteiger partial charge < -0.3 is 0 Å². The maximum Gasteiger partial charge on any atom is 0.207 e. The van der Waals surface area contributed by atoms with Gasteiger partial charge in [-0.3, -0.25) is 0 Å². The van der Waals surface area contributed by atoms with E-state index in [0.29, 0.717) is 25.5 Å². The number of benzene rings is 2. The largest absolute Gasteiger partial charge is 0.207 e. The first-order valence-corrected chi connectivity index (χ1v) is 8.57. The summed E-state index contributed by atoms with van der Waals surface area (Å²) in [4.78, 5) is 0. The zero-order valence-corrected chi connectivity index (χ0v) is 15.8. The van der Waals surface area contributed by atoms with Crippen molar-refractivity contribution < 1.29 is 4.39 Å². The molecule has 0 aliphatic rings. The summed E-state index contributed by atoms with van der Waals surface area (Å²) in [5.74, 6) is 0.0500. The molecule has 0 fully saturated rings. The third-order valence-electron chi connectivity index (χ3n) is 2.85. The molecule has 1 aromatic heterocycles. The van der Waals surface area contributed by atoms with E-state index >= 15 is 0 Å². The van der Waals surface area contributed by atoms with E-state index in [1.165, 1.54) is 6.07 Å². The molecule has 4 nitrogen and oxygen atoms in total. The van der Waals surface area contributed by atoms with E-state index in [-0.39, 0.29) is 5.82 Å². The van der Waals surface area contributed by atoms with Crippen LogP contribution in [0.5, 0.6) is 0 Å². The lowest BCUT2D eigenvalue weighted by Crippen LogP contribution is -2.03. The summed E-state index contributed by atoms with van der Waals surface area (Å²) in [6, 6.07) is 10.2. The normalized spacial score (nSPS) is 10.7. The van der Waals surface area contributed by atoms with Gasteiger partial charge in [-0.1, -0.05) is 23.7 Å². The molecule has 0 bridgehead atoms. The fourth-order valence-electron chi connectivity index (χ4n) is 1.85. The Kier molecular flexibility index (Phi) is 4.83. The summed E-state index contributed by atoms with van der Waals surface area (Å²) in [7, 11) is 0. The summed E-state index contributed by atoms with van der Waals surface area (Å²) in [5, 5.41) is 16.6. The molecule has 0 spiro atoms. The summed E-state index contributed by atoms with van der Waals surface area (Å²) in [6.07, 6.45) is 0. The van der Waals surface area contributed by atoms with Crippen molar-refractivity contribution >= 4 is 56.8 Å². The Morgan fingerprint density at radius 3 is 1.82 bits per heavy atom. The van der Waals surface area contributed by atoms with Crippen LogP contribution in [0.25, 0.3) is 22.8 Å². The molecule has 0 unspecified atom stereocenters. The Balaban J connectivity index is 2.08. The standard InChI is InChI=1S/C14H6ClFI2N4/c15-7-3-1-5-9(17)11(7)13-19-21-14(22-20-13)12-8(16)4-2-6-10(12)18/h1-6H. The van der Waals surface area contributed by atoms with Gasteiger partial charge in [-0.2, -0.15) is 0 Å². The molecule has 0 saturated carbocycles. The van der Waals surface area contributed by atoms with Gasteiger partial charge in [-0.05, 0) is 69.4 Å². The highest BCUT2D eigenvalue weighted by molar-refractivity contribution is 14.1. The van der Waals surface area contributed by atoms with Crippen molar-refractivity contribution in [3.8, 4) is 22.8 Å². The highest BCUT2D eigenvalue weighted by Gasteiger charge is 2.16. The van der Waals surface area contributed by atoms with Gasteiger partial charge in [-0.15, -0.1) is 20.4 Å². The molecule has 8 heteroatoms. The fraction of sp³-hybridized carbons (Fsp3) is 0. The van der Waals surface area contributed by atoms with Crippen LogP contribution in [0.15, 0.2) is 36.4 Å². The Bertz CT molecular complexity index is 732. The Morgan fingerprint density at radius 1 is 0.773 bits per heavy atom. The van der Waals surface area contributed by atoms with E-state index in [9.17, 15) is 4.39 Å². The van der Waals surface area contributed by atoms with Crippen LogP contribution in [0.4, 0.5) is 4.39 Å². The summed E-state index contributed by atoms with van der Waals surface area (Å²) in [6.45, 7) is 0. The van der Waals surface area contributed by atoms with Gasteiger partial charge in [0.15, 0.2) is 0 Å². The van der Waals surface area contributed by atoms with E-state index < -0.39 is 5.82 Å². The minimum Gasteiger partial charge on any atom is -0.206 e. The molecule has 110 valence electrons. The van der Waals surface area contributed by atoms with Gasteiger partial charge in [0.25, 0.3) is 0 Å². The van der Waals surface area contributed by atoms with Gasteiger partial charge in [0.2, 0.25) is 11.6 Å². The molecular weight excluding hydrogens is 532 g/mol. The smallest absolute Gasteiger partial charge is 0.206 e. The Morgan fingerprint density at radius 2 is 1.27 bits per heavy atom. The highest BCUT2D eigenvalue weighted by atomic mass is 127. The minimum atomic E-state index is -0.407. The predicted octanol–water partition coefficient (Wildman–Crippen LogP) is 4.60. The fourth-order valence-corrected chi connectivity index (χ4v) is 3.72. The van der Waals surface area contributed by atoms with Crippen molar-refractivity contribution in [2.45, 2.75) is 0 Å². The summed E-state index contributed by atoms with van der Waals surface area (Å²) < 4.78 is 15.5. The van der Waals surface area contributed by atoms with Crippen LogP contribution in [-0.4, -0.2) is 20.4 Å². The average molecular weight is 538 g/mol. The van der Waals surface area contributed by atoms with Crippen LogP contribution in [0.2, 0.25) is 5.02 Å². The number of hydrogen-bond donors (Lipinski definition) is 0. The third kappa shape index (κ3) is 3.06. The Labute approximate surface area is 157 Å². The van der Waals surface area contributed by atoms with Crippen LogP contribution in [0.3, 0.4) is 0 Å². The van der Waals surface area contributed by atoms with E-state index in [0.717, 1.165) is 3.57 Å². The lowest BCUT2D eigenvalue weighted by molar-refractivity contribution is 0.627. The summed E-state index contributed by atoms with van der Waals surface area (Å²) in [5.41, 5.74) is 0.961. The van der Waals surface area contributed by atoms with E-state index in [1.807, 2.05) is 34.7 Å². The van der Waals surface area contributed by atoms with Gasteiger partial charge in [0.05, 0.1) is 16.1 Å². The van der Waals surface area contributed by atoms with Gasteiger partial charge in [0.1, 0.15) is 5.82 Å². The maximum absolute atomic E-state index is 13.9. The van der Waals surface area contributed by atoms with Crippen LogP contribution in [-0.2, 0) is 0 Å². The molecule has 0 aliphatic carbocycles. The van der Waals surface area contributed by atoms with Crippen LogP contribution in [0.1, 0.15) is 0 Å². The second-order valence-corrected chi connectivity index (χ2v) is 6.97. The first-order chi connectivity index (χ1) is 10.6. The molecule has 0 aliphatic heterocycles. The van der Waals surface area contributed by atoms with Crippen LogP contribution >= 0.6 is 56.8 Å². The average Bonchev–Trinajstić information content (AvgIpc) is 2.48. The minimum absolute atomic E-state index is 0.147. The quantitative estimate of drug-likeness (QED) is 0.448. The molecular formula is C14H6ClFI2N4. The van der Waals surface area contributed by atoms with Crippen LogP contribution in [0, 0.1) is 13.0 Å². The second-order valence-electron chi connectivity index (χ2n) is 4.24. The molecule has 2 aromatic carbocycles. The van der Waals surface area contributed by atoms with E-state index in [4.69, 9.17) is 11.6 Å². The molecule has 0 atom stereocenters. The van der Waals surface area contributed by atoms with Gasteiger partial charge in [-0.25, -0.2) is 4.39 Å². The molecule has 3 rings (SSSR count). The first-order valence-electron chi connectivity index (χ1n) is 6.04. The lowest BCUT2D eigenvalue weighted by atomic mass is 10.2. The molecule has 3 aromatic rings. The first kappa shape index (κ1) is 15.9. The topological polar surface area (TPSA) is 51.6 Å². The highest BCUT2D eigenvalue weighted by Crippen LogP contribution is 2.30. The van der Waals surface area contributed by atoms with Crippen molar-refractivity contribution in [2.75, 3.05) is 0 Å². The van der Waals surface area contributed by atoms with Gasteiger partial charge in [0, 0.05) is 7.14 Å². The number of rotatable bonds is 2. The zero-order chi connectivity index (χ0) is 15.7. The van der Waals surface area contributed by atoms with E-state index in [1.54, 1.807) is 18.2 Å². The van der Waals surface area contributed by atoms with Crippen molar-refractivity contribution in [1.29, 1.82) is 0 Å². The van der Waals surface area contributed by atoms with Crippen LogP contribution < -0.4 is 0 Å². The number of hydrogen-bond acceptors (Lipinski definition) is 4. The molecule has 0 saturated heterocycles. The molecule has 0 amide bonds.